The molecule has 0 aromatic rings. The van der Waals surface area contributed by atoms with Gasteiger partial charge in [-0.05, 0) is 51.9 Å². The van der Waals surface area contributed by atoms with Crippen molar-refractivity contribution in [3.63, 3.8) is 0 Å². The van der Waals surface area contributed by atoms with Crippen molar-refractivity contribution in [1.29, 1.82) is 0 Å². The average Bonchev–Trinajstić information content (AvgIpc) is 2.54. The summed E-state index contributed by atoms with van der Waals surface area (Å²) in [6.45, 7) is 19.8. The third-order valence-corrected chi connectivity index (χ3v) is 11.7. The van der Waals surface area contributed by atoms with Crippen LogP contribution in [0.15, 0.2) is 21.8 Å². The Bertz CT molecular complexity index is 355. The van der Waals surface area contributed by atoms with E-state index in [1.807, 2.05) is 27.7 Å². The Hall–Kier alpha value is -0.0294. The molecule has 0 rings (SSSR count). The molecule has 0 aromatic carbocycles. The molecule has 140 valence electrons. The molecule has 0 aliphatic carbocycles. The van der Waals surface area contributed by atoms with Crippen molar-refractivity contribution in [1.82, 2.24) is 0 Å². The van der Waals surface area contributed by atoms with Crippen molar-refractivity contribution >= 4 is 26.6 Å². The molecule has 0 N–H and O–H groups in total. The first kappa shape index (κ1) is 24.0. The van der Waals surface area contributed by atoms with Crippen LogP contribution in [0.2, 0.25) is 12.6 Å². The molecule has 0 amide bonds. The second-order valence-electron chi connectivity index (χ2n) is 5.82. The fraction of sp³-hybridized carbons (Fsp3) is 0.765. The third-order valence-electron chi connectivity index (χ3n) is 3.60. The van der Waals surface area contributed by atoms with Crippen LogP contribution in [0.4, 0.5) is 0 Å². The van der Waals surface area contributed by atoms with Gasteiger partial charge in [0.1, 0.15) is 0 Å². The Morgan fingerprint density at radius 2 is 1.00 bits per heavy atom. The lowest BCUT2D eigenvalue weighted by Crippen LogP contribution is -2.33. The first-order chi connectivity index (χ1) is 11.4. The van der Waals surface area contributed by atoms with E-state index in [4.69, 9.17) is 17.7 Å². The molecule has 0 aliphatic rings. The van der Waals surface area contributed by atoms with Gasteiger partial charge in [0, 0.05) is 26.4 Å². The molecule has 0 saturated heterocycles. The van der Waals surface area contributed by atoms with E-state index < -0.39 is 26.6 Å². The zero-order valence-electron chi connectivity index (χ0n) is 16.8. The van der Waals surface area contributed by atoms with Crippen LogP contribution in [0, 0.1) is 0 Å². The maximum Gasteiger partial charge on any atom is 0.418 e. The molecule has 0 aliphatic heterocycles. The van der Waals surface area contributed by atoms with Crippen molar-refractivity contribution in [3.8, 4) is 0 Å². The number of hydrogen-bond acceptors (Lipinski definition) is 4. The number of hydrogen-bond donors (Lipinski definition) is 0. The minimum atomic E-state index is -1.68. The van der Waals surface area contributed by atoms with Gasteiger partial charge in [-0.3, -0.25) is 0 Å². The van der Waals surface area contributed by atoms with Crippen molar-refractivity contribution in [2.45, 2.75) is 61.1 Å². The quantitative estimate of drug-likeness (QED) is 0.442. The summed E-state index contributed by atoms with van der Waals surface area (Å²) in [4.78, 5) is 0. The summed E-state index contributed by atoms with van der Waals surface area (Å²) in [5, 5.41) is 2.54. The summed E-state index contributed by atoms with van der Waals surface area (Å²) in [7, 11) is -4.34. The Labute approximate surface area is 153 Å². The highest BCUT2D eigenvalue weighted by Crippen LogP contribution is 2.20. The van der Waals surface area contributed by atoms with E-state index in [0.717, 1.165) is 6.04 Å². The maximum absolute atomic E-state index is 5.83. The highest BCUT2D eigenvalue weighted by atomic mass is 28.3. The molecule has 0 atom stereocenters. The molecule has 0 unspecified atom stereocenters. The summed E-state index contributed by atoms with van der Waals surface area (Å²) in [5.41, 5.74) is 4.88. The topological polar surface area (TPSA) is 36.9 Å². The minimum Gasteiger partial charge on any atom is -0.390 e. The number of allylic oxidation sites excluding steroid dienone is 2. The van der Waals surface area contributed by atoms with E-state index in [1.165, 1.54) is 10.4 Å². The molecular weight excluding hydrogens is 352 g/mol. The van der Waals surface area contributed by atoms with Crippen molar-refractivity contribution in [2.75, 3.05) is 26.4 Å². The zero-order valence-corrected chi connectivity index (χ0v) is 19.8. The second-order valence-corrected chi connectivity index (χ2v) is 14.0. The van der Waals surface area contributed by atoms with Crippen LogP contribution in [0.1, 0.15) is 48.5 Å². The number of rotatable bonds is 13. The van der Waals surface area contributed by atoms with Gasteiger partial charge in [0.2, 0.25) is 0 Å². The van der Waals surface area contributed by atoms with Crippen LogP contribution in [0.5, 0.6) is 0 Å². The second kappa shape index (κ2) is 13.2. The minimum absolute atomic E-state index is 0.695. The van der Waals surface area contributed by atoms with E-state index in [9.17, 15) is 0 Å². The highest BCUT2D eigenvalue weighted by Gasteiger charge is 2.27. The van der Waals surface area contributed by atoms with Crippen LogP contribution < -0.4 is 0 Å². The molecule has 0 spiro atoms. The lowest BCUT2D eigenvalue weighted by atomic mass is 10.7. The molecule has 4 nitrogen and oxygen atoms in total. The largest absolute Gasteiger partial charge is 0.418 e. The van der Waals surface area contributed by atoms with Crippen molar-refractivity contribution in [2.24, 2.45) is 0 Å². The van der Waals surface area contributed by atoms with Gasteiger partial charge in [0.05, 0.1) is 8.07 Å². The Morgan fingerprint density at radius 3 is 1.21 bits per heavy atom. The van der Waals surface area contributed by atoms with E-state index in [0.29, 0.717) is 26.4 Å². The van der Waals surface area contributed by atoms with Gasteiger partial charge in [-0.25, -0.2) is 0 Å². The van der Waals surface area contributed by atoms with E-state index in [2.05, 4.69) is 38.7 Å². The SMILES string of the molecule is CCO[Si](OCC)C(C)=C[Si](C)(C=C(C)[Si](OCC)OCC)CC. The van der Waals surface area contributed by atoms with Gasteiger partial charge >= 0.3 is 18.6 Å². The van der Waals surface area contributed by atoms with Gasteiger partial charge in [-0.1, -0.05) is 30.9 Å². The maximum atomic E-state index is 5.83. The fourth-order valence-electron chi connectivity index (χ4n) is 2.42. The van der Waals surface area contributed by atoms with E-state index in [-0.39, 0.29) is 0 Å². The molecule has 7 heteroatoms. The molecule has 0 saturated carbocycles. The molecule has 0 aromatic heterocycles. The van der Waals surface area contributed by atoms with E-state index >= 15 is 0 Å². The molecule has 0 heterocycles. The zero-order chi connectivity index (χ0) is 18.6. The molecule has 24 heavy (non-hydrogen) atoms. The standard InChI is InChI=1S/C17H36O4Si3/c1-9-18-22(19-10-2)16(6)14-24(8,13-5)15-17(7)23(20-11-3)21-12-4/h14-15H,9-13H2,1-8H3. The molecule has 0 bridgehead atoms. The van der Waals surface area contributed by atoms with Crippen molar-refractivity contribution < 1.29 is 17.7 Å². The summed E-state index contributed by atoms with van der Waals surface area (Å²) >= 11 is 0. The van der Waals surface area contributed by atoms with Crippen LogP contribution in [-0.2, 0) is 17.7 Å². The van der Waals surface area contributed by atoms with Gasteiger partial charge in [-0.2, -0.15) is 0 Å². The van der Waals surface area contributed by atoms with Crippen LogP contribution >= 0.6 is 0 Å². The fourth-order valence-corrected chi connectivity index (χ4v) is 9.93. The van der Waals surface area contributed by atoms with Gasteiger partial charge in [-0.15, -0.1) is 0 Å². The first-order valence-corrected chi connectivity index (χ1v) is 14.5. The average molecular weight is 389 g/mol. The normalized spacial score (nSPS) is 16.1. The molecular formula is C17H36O4Si3. The Morgan fingerprint density at radius 1 is 0.708 bits per heavy atom. The summed E-state index contributed by atoms with van der Waals surface area (Å²) in [6, 6.07) is 1.14. The van der Waals surface area contributed by atoms with Gasteiger partial charge in [0.25, 0.3) is 0 Å². The lowest BCUT2D eigenvalue weighted by molar-refractivity contribution is 0.221. The van der Waals surface area contributed by atoms with Crippen LogP contribution in [-0.4, -0.2) is 53.1 Å². The van der Waals surface area contributed by atoms with Crippen LogP contribution in [0.3, 0.4) is 0 Å². The first-order valence-electron chi connectivity index (χ1n) is 9.01. The predicted molar refractivity (Wildman–Crippen MR) is 108 cm³/mol. The monoisotopic (exact) mass is 388 g/mol. The highest BCUT2D eigenvalue weighted by molar-refractivity contribution is 6.89. The Kier molecular flexibility index (Phi) is 13.2. The van der Waals surface area contributed by atoms with Gasteiger partial charge < -0.3 is 17.7 Å². The smallest absolute Gasteiger partial charge is 0.390 e. The summed E-state index contributed by atoms with van der Waals surface area (Å²) in [5.74, 6) is 0. The lowest BCUT2D eigenvalue weighted by Gasteiger charge is -2.23. The summed E-state index contributed by atoms with van der Waals surface area (Å²) in [6.07, 6.45) is 0. The predicted octanol–water partition coefficient (Wildman–Crippen LogP) is 4.26. The van der Waals surface area contributed by atoms with E-state index in [1.54, 1.807) is 0 Å². The summed E-state index contributed by atoms with van der Waals surface area (Å²) < 4.78 is 23.3. The van der Waals surface area contributed by atoms with Gasteiger partial charge in [0.15, 0.2) is 0 Å². The van der Waals surface area contributed by atoms with Crippen LogP contribution in [0.25, 0.3) is 0 Å². The third kappa shape index (κ3) is 8.89. The molecule has 0 fully saturated rings. The Balaban J connectivity index is 5.41. The molecule has 2 radical (unpaired) electrons. The van der Waals surface area contributed by atoms with Crippen molar-refractivity contribution in [3.05, 3.63) is 21.8 Å².